The fraction of sp³-hybridized carbons (Fsp3) is 0.500. The van der Waals surface area contributed by atoms with Crippen molar-refractivity contribution in [2.45, 2.75) is 45.7 Å². The van der Waals surface area contributed by atoms with Crippen molar-refractivity contribution in [3.63, 3.8) is 0 Å². The predicted octanol–water partition coefficient (Wildman–Crippen LogP) is 2.85. The molecule has 0 aromatic heterocycles. The van der Waals surface area contributed by atoms with Gasteiger partial charge in [0.05, 0.1) is 0 Å². The molecule has 0 saturated heterocycles. The van der Waals surface area contributed by atoms with Crippen molar-refractivity contribution >= 4 is 11.8 Å². The van der Waals surface area contributed by atoms with Gasteiger partial charge in [-0.2, -0.15) is 0 Å². The van der Waals surface area contributed by atoms with Crippen LogP contribution >= 0.6 is 0 Å². The van der Waals surface area contributed by atoms with Gasteiger partial charge < -0.3 is 5.11 Å². The van der Waals surface area contributed by atoms with Crippen LogP contribution in [0.1, 0.15) is 54.1 Å². The summed E-state index contributed by atoms with van der Waals surface area (Å²) in [5.74, 6) is -0.602. The van der Waals surface area contributed by atoms with Crippen LogP contribution in [0.5, 0.6) is 0 Å². The number of hydrogen-bond acceptors (Lipinski definition) is 3. The molecule has 0 saturated carbocycles. The number of carbonyl (C=O) groups is 2. The molecule has 0 bridgehead atoms. The molecule has 0 unspecified atom stereocenters. The number of Topliss-reactive ketones (excluding diaryl/α,β-unsaturated/α-hetero) is 1. The average Bonchev–Trinajstić information content (AvgIpc) is 2.79. The minimum absolute atomic E-state index is 0.111. The van der Waals surface area contributed by atoms with Crippen molar-refractivity contribution in [3.8, 4) is 0 Å². The molecule has 0 fully saturated rings. The number of ketones is 1. The summed E-state index contributed by atoms with van der Waals surface area (Å²) < 4.78 is 0. The van der Waals surface area contributed by atoms with Crippen LogP contribution in [0.15, 0.2) is 18.2 Å². The largest absolute Gasteiger partial charge is 0.481 e. The Morgan fingerprint density at radius 1 is 1.15 bits per heavy atom. The third-order valence-corrected chi connectivity index (χ3v) is 3.77. The Balaban J connectivity index is 1.78. The highest BCUT2D eigenvalue weighted by atomic mass is 16.4. The monoisotopic (exact) mass is 275 g/mol. The molecular weight excluding hydrogens is 254 g/mol. The Hall–Kier alpha value is -1.68. The van der Waals surface area contributed by atoms with Crippen LogP contribution in [-0.2, 0) is 17.9 Å². The van der Waals surface area contributed by atoms with Crippen LogP contribution in [0.25, 0.3) is 0 Å². The minimum Gasteiger partial charge on any atom is -0.481 e. The molecule has 1 N–H and O–H groups in total. The first-order valence-corrected chi connectivity index (χ1v) is 7.13. The Morgan fingerprint density at radius 3 is 2.60 bits per heavy atom. The number of unbranched alkanes of at least 4 members (excludes halogenated alkanes) is 2. The highest BCUT2D eigenvalue weighted by molar-refractivity contribution is 5.94. The maximum absolute atomic E-state index is 11.4. The molecule has 4 nitrogen and oxygen atoms in total. The molecule has 1 heterocycles. The Morgan fingerprint density at radius 2 is 1.90 bits per heavy atom. The van der Waals surface area contributed by atoms with Gasteiger partial charge in [-0.3, -0.25) is 14.5 Å². The Kier molecular flexibility index (Phi) is 4.90. The standard InChI is InChI=1S/C16H21NO3/c1-12(18)13-6-7-14-10-17(11-15(14)9-13)8-4-2-3-5-16(19)20/h6-7,9H,2-5,8,10-11H2,1H3,(H,19,20). The molecule has 0 spiro atoms. The normalized spacial score (nSPS) is 14.2. The maximum Gasteiger partial charge on any atom is 0.303 e. The molecule has 1 aromatic rings. The van der Waals surface area contributed by atoms with Gasteiger partial charge in [-0.1, -0.05) is 18.6 Å². The van der Waals surface area contributed by atoms with Crippen LogP contribution in [0.2, 0.25) is 0 Å². The average molecular weight is 275 g/mol. The van der Waals surface area contributed by atoms with E-state index in [4.69, 9.17) is 5.11 Å². The summed E-state index contributed by atoms with van der Waals surface area (Å²) in [4.78, 5) is 24.1. The van der Waals surface area contributed by atoms with Gasteiger partial charge in [0.1, 0.15) is 0 Å². The Bertz CT molecular complexity index is 510. The number of carboxylic acids is 1. The van der Waals surface area contributed by atoms with E-state index in [0.29, 0.717) is 0 Å². The molecule has 1 aliphatic rings. The zero-order chi connectivity index (χ0) is 14.5. The van der Waals surface area contributed by atoms with E-state index in [9.17, 15) is 9.59 Å². The molecule has 20 heavy (non-hydrogen) atoms. The van der Waals surface area contributed by atoms with Crippen LogP contribution < -0.4 is 0 Å². The molecular formula is C16H21NO3. The first-order valence-electron chi connectivity index (χ1n) is 7.13. The van der Waals surface area contributed by atoms with Gasteiger partial charge in [0.2, 0.25) is 0 Å². The third-order valence-electron chi connectivity index (χ3n) is 3.77. The van der Waals surface area contributed by atoms with E-state index in [1.54, 1.807) is 6.92 Å². The molecule has 0 amide bonds. The summed E-state index contributed by atoms with van der Waals surface area (Å²) in [6, 6.07) is 5.95. The third kappa shape index (κ3) is 3.90. The lowest BCUT2D eigenvalue weighted by Crippen LogP contribution is -2.17. The van der Waals surface area contributed by atoms with E-state index in [0.717, 1.165) is 44.5 Å². The maximum atomic E-state index is 11.4. The summed E-state index contributed by atoms with van der Waals surface area (Å²) in [6.45, 7) is 4.42. The molecule has 108 valence electrons. The number of aliphatic carboxylic acids is 1. The summed E-state index contributed by atoms with van der Waals surface area (Å²) in [5, 5.41) is 8.58. The van der Waals surface area contributed by atoms with Crippen LogP contribution in [0.4, 0.5) is 0 Å². The molecule has 0 radical (unpaired) electrons. The summed E-state index contributed by atoms with van der Waals surface area (Å²) in [5.41, 5.74) is 3.34. The first-order chi connectivity index (χ1) is 9.56. The van der Waals surface area contributed by atoms with Gasteiger partial charge in [0.15, 0.2) is 5.78 Å². The number of hydrogen-bond donors (Lipinski definition) is 1. The lowest BCUT2D eigenvalue weighted by atomic mass is 10.0. The number of carboxylic acid groups (broad SMARTS) is 1. The van der Waals surface area contributed by atoms with Crippen molar-refractivity contribution in [2.24, 2.45) is 0 Å². The van der Waals surface area contributed by atoms with E-state index in [-0.39, 0.29) is 12.2 Å². The van der Waals surface area contributed by atoms with Crippen molar-refractivity contribution in [1.82, 2.24) is 4.90 Å². The van der Waals surface area contributed by atoms with Gasteiger partial charge in [-0.15, -0.1) is 0 Å². The quantitative estimate of drug-likeness (QED) is 0.614. The van der Waals surface area contributed by atoms with Gasteiger partial charge >= 0.3 is 5.97 Å². The zero-order valence-electron chi connectivity index (χ0n) is 11.9. The van der Waals surface area contributed by atoms with E-state index < -0.39 is 5.97 Å². The number of fused-ring (bicyclic) bond motifs is 1. The molecule has 0 atom stereocenters. The second kappa shape index (κ2) is 6.66. The van der Waals surface area contributed by atoms with Gasteiger partial charge in [0.25, 0.3) is 0 Å². The van der Waals surface area contributed by atoms with Crippen molar-refractivity contribution in [3.05, 3.63) is 34.9 Å². The fourth-order valence-electron chi connectivity index (χ4n) is 2.63. The fourth-order valence-corrected chi connectivity index (χ4v) is 2.63. The lowest BCUT2D eigenvalue weighted by molar-refractivity contribution is -0.137. The molecule has 2 rings (SSSR count). The molecule has 0 aliphatic carbocycles. The Labute approximate surface area is 119 Å². The van der Waals surface area contributed by atoms with Gasteiger partial charge in [-0.25, -0.2) is 0 Å². The first kappa shape index (κ1) is 14.7. The SMILES string of the molecule is CC(=O)c1ccc2c(c1)CN(CCCCCC(=O)O)C2. The number of benzene rings is 1. The van der Waals surface area contributed by atoms with E-state index in [2.05, 4.69) is 11.0 Å². The number of rotatable bonds is 7. The smallest absolute Gasteiger partial charge is 0.303 e. The second-order valence-corrected chi connectivity index (χ2v) is 5.45. The highest BCUT2D eigenvalue weighted by Crippen LogP contribution is 2.24. The van der Waals surface area contributed by atoms with E-state index in [1.807, 2.05) is 12.1 Å². The molecule has 1 aliphatic heterocycles. The van der Waals surface area contributed by atoms with Gasteiger partial charge in [0, 0.05) is 25.1 Å². The topological polar surface area (TPSA) is 57.6 Å². The number of carbonyl (C=O) groups excluding carboxylic acids is 1. The highest BCUT2D eigenvalue weighted by Gasteiger charge is 2.19. The zero-order valence-corrected chi connectivity index (χ0v) is 11.9. The second-order valence-electron chi connectivity index (χ2n) is 5.45. The van der Waals surface area contributed by atoms with Crippen LogP contribution in [-0.4, -0.2) is 28.3 Å². The van der Waals surface area contributed by atoms with Crippen molar-refractivity contribution in [1.29, 1.82) is 0 Å². The van der Waals surface area contributed by atoms with Gasteiger partial charge in [-0.05, 0) is 43.5 Å². The summed E-state index contributed by atoms with van der Waals surface area (Å²) in [6.07, 6.45) is 3.01. The molecule has 4 heteroatoms. The van der Waals surface area contributed by atoms with Crippen molar-refractivity contribution in [2.75, 3.05) is 6.54 Å². The van der Waals surface area contributed by atoms with Crippen molar-refractivity contribution < 1.29 is 14.7 Å². The van der Waals surface area contributed by atoms with E-state index >= 15 is 0 Å². The predicted molar refractivity (Wildman–Crippen MR) is 76.7 cm³/mol. The summed E-state index contributed by atoms with van der Waals surface area (Å²) >= 11 is 0. The summed E-state index contributed by atoms with van der Waals surface area (Å²) in [7, 11) is 0. The van der Waals surface area contributed by atoms with Crippen LogP contribution in [0.3, 0.4) is 0 Å². The number of nitrogens with zero attached hydrogens (tertiary/aromatic N) is 1. The van der Waals surface area contributed by atoms with E-state index in [1.165, 1.54) is 11.1 Å². The van der Waals surface area contributed by atoms with Crippen LogP contribution in [0, 0.1) is 0 Å². The lowest BCUT2D eigenvalue weighted by Gasteiger charge is -2.13. The minimum atomic E-state index is -0.713. The molecule has 1 aromatic carbocycles.